The molecule has 0 N–H and O–H groups in total. The highest BCUT2D eigenvalue weighted by Gasteiger charge is 1.95. The van der Waals surface area contributed by atoms with Crippen LogP contribution in [0, 0.1) is 22.7 Å². The Morgan fingerprint density at radius 3 is 2.38 bits per heavy atom. The van der Waals surface area contributed by atoms with Gasteiger partial charge in [0.1, 0.15) is 17.7 Å². The molecular weight excluding hydrogens is 216 g/mol. The molecule has 0 amide bonds. The Kier molecular flexibility index (Phi) is 5.19. The number of benzene rings is 1. The first-order valence-corrected chi connectivity index (χ1v) is 6.03. The fourth-order valence-corrected chi connectivity index (χ4v) is 1.90. The smallest absolute Gasteiger partial charge is 0.130 e. The average molecular weight is 228 g/mol. The molecule has 1 aromatic rings. The Bertz CT molecular complexity index is 430. The molecule has 0 aromatic heterocycles. The second kappa shape index (κ2) is 6.71. The second-order valence-electron chi connectivity index (χ2n) is 3.20. The molecule has 80 valence electrons. The molecule has 0 aliphatic rings. The van der Waals surface area contributed by atoms with Gasteiger partial charge in [-0.3, -0.25) is 0 Å². The van der Waals surface area contributed by atoms with Gasteiger partial charge in [-0.15, -0.1) is 11.8 Å². The molecule has 0 bridgehead atoms. The van der Waals surface area contributed by atoms with Gasteiger partial charge in [0, 0.05) is 4.90 Å². The van der Waals surface area contributed by atoms with E-state index in [0.717, 1.165) is 17.7 Å². The highest BCUT2D eigenvalue weighted by molar-refractivity contribution is 7.99. The third-order valence-corrected chi connectivity index (χ3v) is 3.12. The van der Waals surface area contributed by atoms with Crippen molar-refractivity contribution in [2.24, 2.45) is 0 Å². The van der Waals surface area contributed by atoms with E-state index in [0.29, 0.717) is 0 Å². The topological polar surface area (TPSA) is 47.6 Å². The summed E-state index contributed by atoms with van der Waals surface area (Å²) in [6.07, 6.45) is 2.74. The Balaban J connectivity index is 2.77. The monoisotopic (exact) mass is 228 g/mol. The summed E-state index contributed by atoms with van der Waals surface area (Å²) in [5.74, 6) is 1.11. The van der Waals surface area contributed by atoms with E-state index in [1.165, 1.54) is 4.90 Å². The number of thioether (sulfide) groups is 1. The van der Waals surface area contributed by atoms with Crippen LogP contribution >= 0.6 is 11.8 Å². The van der Waals surface area contributed by atoms with Gasteiger partial charge in [0.2, 0.25) is 0 Å². The van der Waals surface area contributed by atoms with Crippen LogP contribution in [0.4, 0.5) is 0 Å². The molecule has 0 spiro atoms. The summed E-state index contributed by atoms with van der Waals surface area (Å²) in [5.41, 5.74) is 1.02. The van der Waals surface area contributed by atoms with Gasteiger partial charge in [0.05, 0.1) is 0 Å². The Morgan fingerprint density at radius 1 is 1.25 bits per heavy atom. The molecule has 1 aromatic carbocycles. The first-order valence-electron chi connectivity index (χ1n) is 5.05. The fourth-order valence-electron chi connectivity index (χ4n) is 1.14. The Labute approximate surface area is 100 Å². The van der Waals surface area contributed by atoms with Gasteiger partial charge in [-0.25, -0.2) is 0 Å². The molecule has 1 rings (SSSR count). The Hall–Kier alpha value is -1.71. The van der Waals surface area contributed by atoms with Crippen LogP contribution in [-0.2, 0) is 0 Å². The van der Waals surface area contributed by atoms with Crippen molar-refractivity contribution in [3.8, 4) is 12.1 Å². The van der Waals surface area contributed by atoms with Crippen molar-refractivity contribution < 1.29 is 0 Å². The lowest BCUT2D eigenvalue weighted by Crippen LogP contribution is -1.78. The van der Waals surface area contributed by atoms with Gasteiger partial charge in [-0.1, -0.05) is 19.1 Å². The molecule has 0 aliphatic heterocycles. The van der Waals surface area contributed by atoms with E-state index in [-0.39, 0.29) is 5.57 Å². The maximum absolute atomic E-state index is 8.61. The molecule has 0 heterocycles. The highest BCUT2D eigenvalue weighted by Crippen LogP contribution is 2.19. The maximum atomic E-state index is 8.61. The number of hydrogen-bond acceptors (Lipinski definition) is 3. The second-order valence-corrected chi connectivity index (χ2v) is 4.37. The molecule has 0 atom stereocenters. The summed E-state index contributed by atoms with van der Waals surface area (Å²) >= 11 is 1.81. The predicted molar refractivity (Wildman–Crippen MR) is 66.7 cm³/mol. The van der Waals surface area contributed by atoms with Crippen LogP contribution in [0.25, 0.3) is 6.08 Å². The zero-order valence-corrected chi connectivity index (χ0v) is 9.92. The molecule has 3 heteroatoms. The van der Waals surface area contributed by atoms with Crippen molar-refractivity contribution >= 4 is 17.8 Å². The van der Waals surface area contributed by atoms with Crippen LogP contribution in [0.15, 0.2) is 34.7 Å². The summed E-state index contributed by atoms with van der Waals surface area (Å²) in [6.45, 7) is 2.15. The van der Waals surface area contributed by atoms with Gasteiger partial charge in [0.25, 0.3) is 0 Å². The third kappa shape index (κ3) is 3.81. The molecule has 2 nitrogen and oxygen atoms in total. The molecule has 0 saturated heterocycles. The van der Waals surface area contributed by atoms with Gasteiger partial charge in [-0.05, 0) is 35.9 Å². The molecule has 0 unspecified atom stereocenters. The summed E-state index contributed by atoms with van der Waals surface area (Å²) in [5, 5.41) is 17.2. The summed E-state index contributed by atoms with van der Waals surface area (Å²) in [7, 11) is 0. The molecular formula is C13H12N2S. The minimum absolute atomic E-state index is 0.133. The molecule has 0 radical (unpaired) electrons. The number of nitrogens with zero attached hydrogens (tertiary/aromatic N) is 2. The van der Waals surface area contributed by atoms with E-state index in [4.69, 9.17) is 10.5 Å². The first-order chi connectivity index (χ1) is 7.80. The van der Waals surface area contributed by atoms with Crippen LogP contribution in [0.1, 0.15) is 18.9 Å². The predicted octanol–water partition coefficient (Wildman–Crippen LogP) is 3.62. The molecule has 16 heavy (non-hydrogen) atoms. The Morgan fingerprint density at radius 2 is 1.88 bits per heavy atom. The first kappa shape index (κ1) is 12.4. The van der Waals surface area contributed by atoms with E-state index in [2.05, 4.69) is 6.92 Å². The van der Waals surface area contributed by atoms with Crippen molar-refractivity contribution in [2.45, 2.75) is 18.2 Å². The molecule has 0 saturated carbocycles. The summed E-state index contributed by atoms with van der Waals surface area (Å²) in [4.78, 5) is 1.22. The standard InChI is InChI=1S/C13H12N2S/c1-2-7-16-13-5-3-11(4-6-13)8-12(9-14)10-15/h3-6,8H,2,7H2,1H3. The number of rotatable bonds is 4. The average Bonchev–Trinajstić information content (AvgIpc) is 2.35. The van der Waals surface area contributed by atoms with Gasteiger partial charge in [-0.2, -0.15) is 10.5 Å². The van der Waals surface area contributed by atoms with E-state index < -0.39 is 0 Å². The van der Waals surface area contributed by atoms with E-state index in [1.54, 1.807) is 6.08 Å². The van der Waals surface area contributed by atoms with Crippen molar-refractivity contribution in [1.29, 1.82) is 10.5 Å². The quantitative estimate of drug-likeness (QED) is 0.584. The fraction of sp³-hybridized carbons (Fsp3) is 0.231. The lowest BCUT2D eigenvalue weighted by molar-refractivity contribution is 1.10. The summed E-state index contributed by atoms with van der Waals surface area (Å²) < 4.78 is 0. The van der Waals surface area contributed by atoms with Gasteiger partial charge < -0.3 is 0 Å². The normalized spacial score (nSPS) is 8.94. The minimum atomic E-state index is 0.133. The van der Waals surface area contributed by atoms with Crippen LogP contribution < -0.4 is 0 Å². The van der Waals surface area contributed by atoms with Crippen molar-refractivity contribution in [3.05, 3.63) is 35.4 Å². The van der Waals surface area contributed by atoms with Crippen LogP contribution in [0.5, 0.6) is 0 Å². The van der Waals surface area contributed by atoms with Crippen molar-refractivity contribution in [2.75, 3.05) is 5.75 Å². The van der Waals surface area contributed by atoms with Gasteiger partial charge >= 0.3 is 0 Å². The SMILES string of the molecule is CCCSc1ccc(C=C(C#N)C#N)cc1. The number of allylic oxidation sites excluding steroid dienone is 1. The van der Waals surface area contributed by atoms with E-state index in [9.17, 15) is 0 Å². The van der Waals surface area contributed by atoms with Crippen molar-refractivity contribution in [1.82, 2.24) is 0 Å². The van der Waals surface area contributed by atoms with E-state index in [1.807, 2.05) is 48.2 Å². The summed E-state index contributed by atoms with van der Waals surface area (Å²) in [6, 6.07) is 11.6. The van der Waals surface area contributed by atoms with Crippen LogP contribution in [0.3, 0.4) is 0 Å². The third-order valence-electron chi connectivity index (χ3n) is 1.90. The maximum Gasteiger partial charge on any atom is 0.130 e. The number of hydrogen-bond donors (Lipinski definition) is 0. The zero-order valence-electron chi connectivity index (χ0n) is 9.10. The number of nitriles is 2. The van der Waals surface area contributed by atoms with Crippen LogP contribution in [-0.4, -0.2) is 5.75 Å². The van der Waals surface area contributed by atoms with E-state index >= 15 is 0 Å². The molecule has 0 aliphatic carbocycles. The lowest BCUT2D eigenvalue weighted by Gasteiger charge is -1.99. The van der Waals surface area contributed by atoms with Crippen molar-refractivity contribution in [3.63, 3.8) is 0 Å². The highest BCUT2D eigenvalue weighted by atomic mass is 32.2. The lowest BCUT2D eigenvalue weighted by atomic mass is 10.1. The molecule has 0 fully saturated rings. The van der Waals surface area contributed by atoms with Gasteiger partial charge in [0.15, 0.2) is 0 Å². The zero-order chi connectivity index (χ0) is 11.8. The minimum Gasteiger partial charge on any atom is -0.192 e. The van der Waals surface area contributed by atoms with Crippen LogP contribution in [0.2, 0.25) is 0 Å². The largest absolute Gasteiger partial charge is 0.192 e.